The van der Waals surface area contributed by atoms with Crippen LogP contribution < -0.4 is 5.32 Å². The molecule has 0 fully saturated rings. The highest BCUT2D eigenvalue weighted by Gasteiger charge is 2.04. The van der Waals surface area contributed by atoms with Crippen LogP contribution in [0.5, 0.6) is 0 Å². The first-order valence-electron chi connectivity index (χ1n) is 5.36. The van der Waals surface area contributed by atoms with Gasteiger partial charge in [-0.15, -0.1) is 10.2 Å². The van der Waals surface area contributed by atoms with E-state index in [1.807, 2.05) is 13.8 Å². The molecule has 4 nitrogen and oxygen atoms in total. The van der Waals surface area contributed by atoms with Gasteiger partial charge in [0, 0.05) is 13.0 Å². The number of hydrogen-bond acceptors (Lipinski definition) is 5. The van der Waals surface area contributed by atoms with Gasteiger partial charge in [0.1, 0.15) is 16.6 Å². The minimum atomic E-state index is 0.249. The van der Waals surface area contributed by atoms with Crippen LogP contribution in [0, 0.1) is 0 Å². The predicted molar refractivity (Wildman–Crippen MR) is 62.1 cm³/mol. The summed E-state index contributed by atoms with van der Waals surface area (Å²) >= 11 is 1.64. The van der Waals surface area contributed by atoms with Gasteiger partial charge in [0.25, 0.3) is 0 Å². The van der Waals surface area contributed by atoms with Crippen molar-refractivity contribution in [1.82, 2.24) is 15.5 Å². The van der Waals surface area contributed by atoms with Crippen molar-refractivity contribution in [3.63, 3.8) is 0 Å². The largest absolute Gasteiger partial charge is 0.372 e. The van der Waals surface area contributed by atoms with E-state index in [0.717, 1.165) is 29.5 Å². The van der Waals surface area contributed by atoms with E-state index in [1.165, 1.54) is 0 Å². The molecular weight excluding hydrogens is 210 g/mol. The van der Waals surface area contributed by atoms with Crippen molar-refractivity contribution in [2.45, 2.75) is 39.9 Å². The van der Waals surface area contributed by atoms with E-state index in [4.69, 9.17) is 4.74 Å². The number of likely N-dealkylation sites (N-methyl/N-ethyl adjacent to an activating group) is 1. The van der Waals surface area contributed by atoms with Gasteiger partial charge in [-0.1, -0.05) is 18.3 Å². The fourth-order valence-corrected chi connectivity index (χ4v) is 1.82. The van der Waals surface area contributed by atoms with E-state index in [2.05, 4.69) is 22.4 Å². The van der Waals surface area contributed by atoms with Crippen LogP contribution in [0.15, 0.2) is 0 Å². The van der Waals surface area contributed by atoms with E-state index in [-0.39, 0.29) is 6.10 Å². The average Bonchev–Trinajstić information content (AvgIpc) is 2.63. The zero-order valence-electron chi connectivity index (χ0n) is 9.62. The molecular formula is C10H19N3OS. The van der Waals surface area contributed by atoms with E-state index in [0.29, 0.717) is 6.61 Å². The Balaban J connectivity index is 2.29. The van der Waals surface area contributed by atoms with Gasteiger partial charge in [0.2, 0.25) is 0 Å². The molecule has 15 heavy (non-hydrogen) atoms. The van der Waals surface area contributed by atoms with Crippen molar-refractivity contribution < 1.29 is 4.74 Å². The Morgan fingerprint density at radius 1 is 1.33 bits per heavy atom. The standard InChI is InChI=1S/C10H19N3OS/c1-4-11-6-5-9-12-13-10(15-9)7-14-8(2)3/h8,11H,4-7H2,1-3H3. The van der Waals surface area contributed by atoms with Gasteiger partial charge in [-0.2, -0.15) is 0 Å². The minimum absolute atomic E-state index is 0.249. The highest BCUT2D eigenvalue weighted by Crippen LogP contribution is 2.11. The third-order valence-electron chi connectivity index (χ3n) is 1.81. The van der Waals surface area contributed by atoms with E-state index >= 15 is 0 Å². The predicted octanol–water partition coefficient (Wildman–Crippen LogP) is 1.62. The lowest BCUT2D eigenvalue weighted by atomic mass is 10.4. The number of nitrogens with one attached hydrogen (secondary N) is 1. The van der Waals surface area contributed by atoms with Crippen molar-refractivity contribution in [2.24, 2.45) is 0 Å². The van der Waals surface area contributed by atoms with Gasteiger partial charge in [-0.05, 0) is 20.4 Å². The second-order valence-electron chi connectivity index (χ2n) is 3.55. The Labute approximate surface area is 95.1 Å². The summed E-state index contributed by atoms with van der Waals surface area (Å²) in [5.41, 5.74) is 0. The van der Waals surface area contributed by atoms with Crippen LogP contribution in [0.3, 0.4) is 0 Å². The lowest BCUT2D eigenvalue weighted by Gasteiger charge is -2.03. The molecule has 86 valence electrons. The molecule has 1 N–H and O–H groups in total. The molecule has 0 saturated carbocycles. The molecule has 5 heteroatoms. The van der Waals surface area contributed by atoms with Crippen LogP contribution in [-0.2, 0) is 17.8 Å². The van der Waals surface area contributed by atoms with E-state index < -0.39 is 0 Å². The minimum Gasteiger partial charge on any atom is -0.372 e. The van der Waals surface area contributed by atoms with Crippen molar-refractivity contribution in [3.05, 3.63) is 10.0 Å². The summed E-state index contributed by atoms with van der Waals surface area (Å²) in [7, 11) is 0. The van der Waals surface area contributed by atoms with Gasteiger partial charge in [-0.25, -0.2) is 0 Å². The Bertz CT molecular complexity index is 275. The van der Waals surface area contributed by atoms with Crippen LogP contribution in [0.2, 0.25) is 0 Å². The van der Waals surface area contributed by atoms with Gasteiger partial charge in [0.05, 0.1) is 6.10 Å². The van der Waals surface area contributed by atoms with Crippen molar-refractivity contribution >= 4 is 11.3 Å². The van der Waals surface area contributed by atoms with Gasteiger partial charge < -0.3 is 10.1 Å². The molecule has 0 amide bonds. The second kappa shape index (κ2) is 6.87. The molecule has 1 aromatic rings. The van der Waals surface area contributed by atoms with Gasteiger partial charge >= 0.3 is 0 Å². The number of hydrogen-bond donors (Lipinski definition) is 1. The van der Waals surface area contributed by atoms with E-state index in [1.54, 1.807) is 11.3 Å². The molecule has 1 heterocycles. The highest BCUT2D eigenvalue weighted by atomic mass is 32.1. The van der Waals surface area contributed by atoms with Crippen molar-refractivity contribution in [1.29, 1.82) is 0 Å². The smallest absolute Gasteiger partial charge is 0.143 e. The van der Waals surface area contributed by atoms with Crippen LogP contribution in [-0.4, -0.2) is 29.4 Å². The zero-order valence-corrected chi connectivity index (χ0v) is 10.4. The molecule has 0 bridgehead atoms. The first kappa shape index (κ1) is 12.5. The lowest BCUT2D eigenvalue weighted by Crippen LogP contribution is -2.15. The number of nitrogens with zero attached hydrogens (tertiary/aromatic N) is 2. The van der Waals surface area contributed by atoms with Crippen LogP contribution in [0.1, 0.15) is 30.8 Å². The monoisotopic (exact) mass is 229 g/mol. The van der Waals surface area contributed by atoms with Crippen molar-refractivity contribution in [3.8, 4) is 0 Å². The quantitative estimate of drug-likeness (QED) is 0.722. The number of rotatable bonds is 7. The molecule has 0 aliphatic carbocycles. The molecule has 0 aromatic carbocycles. The Kier molecular flexibility index (Phi) is 5.75. The van der Waals surface area contributed by atoms with Crippen LogP contribution in [0.25, 0.3) is 0 Å². The lowest BCUT2D eigenvalue weighted by molar-refractivity contribution is 0.0652. The Morgan fingerprint density at radius 3 is 2.73 bits per heavy atom. The van der Waals surface area contributed by atoms with Gasteiger partial charge in [-0.3, -0.25) is 0 Å². The third kappa shape index (κ3) is 5.20. The molecule has 0 spiro atoms. The molecule has 0 radical (unpaired) electrons. The summed E-state index contributed by atoms with van der Waals surface area (Å²) < 4.78 is 5.46. The molecule has 0 atom stereocenters. The highest BCUT2D eigenvalue weighted by molar-refractivity contribution is 7.11. The maximum atomic E-state index is 5.46. The summed E-state index contributed by atoms with van der Waals surface area (Å²) in [6.45, 7) is 8.69. The molecule has 0 aliphatic heterocycles. The van der Waals surface area contributed by atoms with Crippen molar-refractivity contribution in [2.75, 3.05) is 13.1 Å². The Hall–Kier alpha value is -0.520. The second-order valence-corrected chi connectivity index (χ2v) is 4.70. The Morgan fingerprint density at radius 2 is 2.07 bits per heavy atom. The van der Waals surface area contributed by atoms with Crippen LogP contribution in [0.4, 0.5) is 0 Å². The first-order chi connectivity index (χ1) is 7.22. The summed E-state index contributed by atoms with van der Waals surface area (Å²) in [5, 5.41) is 13.5. The molecule has 1 aromatic heterocycles. The molecule has 0 aliphatic rings. The summed E-state index contributed by atoms with van der Waals surface area (Å²) in [6.07, 6.45) is 1.20. The molecule has 1 rings (SSSR count). The SMILES string of the molecule is CCNCCc1nnc(COC(C)C)s1. The zero-order chi connectivity index (χ0) is 11.1. The molecule has 0 unspecified atom stereocenters. The fraction of sp³-hybridized carbons (Fsp3) is 0.800. The number of aromatic nitrogens is 2. The average molecular weight is 229 g/mol. The summed E-state index contributed by atoms with van der Waals surface area (Å²) in [4.78, 5) is 0. The number of ether oxygens (including phenoxy) is 1. The molecule has 0 saturated heterocycles. The normalized spacial score (nSPS) is 11.2. The summed E-state index contributed by atoms with van der Waals surface area (Å²) in [6, 6.07) is 0. The first-order valence-corrected chi connectivity index (χ1v) is 6.17. The fourth-order valence-electron chi connectivity index (χ4n) is 1.06. The topological polar surface area (TPSA) is 47.0 Å². The third-order valence-corrected chi connectivity index (χ3v) is 2.77. The van der Waals surface area contributed by atoms with E-state index in [9.17, 15) is 0 Å². The van der Waals surface area contributed by atoms with Crippen LogP contribution >= 0.6 is 11.3 Å². The summed E-state index contributed by atoms with van der Waals surface area (Å²) in [5.74, 6) is 0. The van der Waals surface area contributed by atoms with Gasteiger partial charge in [0.15, 0.2) is 0 Å². The maximum Gasteiger partial charge on any atom is 0.143 e. The maximum absolute atomic E-state index is 5.46.